The number of para-hydroxylation sites is 1. The van der Waals surface area contributed by atoms with Crippen LogP contribution in [0.15, 0.2) is 152 Å². The molecule has 0 bridgehead atoms. The van der Waals surface area contributed by atoms with Gasteiger partial charge in [-0.2, -0.15) is 0 Å². The second-order valence-electron chi connectivity index (χ2n) is 12.3. The largest absolute Gasteiger partial charge is 0.309 e. The second-order valence-corrected chi connectivity index (χ2v) is 12.3. The Labute approximate surface area is 269 Å². The lowest BCUT2D eigenvalue weighted by atomic mass is 9.82. The molecule has 0 spiro atoms. The maximum Gasteiger partial charge on any atom is 0.160 e. The van der Waals surface area contributed by atoms with Crippen molar-refractivity contribution in [1.29, 1.82) is 0 Å². The molecule has 0 saturated carbocycles. The minimum absolute atomic E-state index is 0.0445. The zero-order chi connectivity index (χ0) is 31.3. The molecular formula is C43H33N3. The van der Waals surface area contributed by atoms with Gasteiger partial charge in [-0.05, 0) is 64.7 Å². The van der Waals surface area contributed by atoms with Crippen molar-refractivity contribution in [3.8, 4) is 39.5 Å². The highest BCUT2D eigenvalue weighted by molar-refractivity contribution is 6.11. The van der Waals surface area contributed by atoms with Crippen LogP contribution in [0.5, 0.6) is 0 Å². The van der Waals surface area contributed by atoms with Gasteiger partial charge in [0.15, 0.2) is 5.82 Å². The number of hydrogen-bond donors (Lipinski definition) is 0. The first kappa shape index (κ1) is 27.7. The van der Waals surface area contributed by atoms with Crippen LogP contribution in [0.3, 0.4) is 0 Å². The minimum Gasteiger partial charge on any atom is -0.309 e. The average Bonchev–Trinajstić information content (AvgIpc) is 3.54. The molecule has 0 saturated heterocycles. The van der Waals surface area contributed by atoms with Crippen molar-refractivity contribution < 1.29 is 0 Å². The topological polar surface area (TPSA) is 30.7 Å². The van der Waals surface area contributed by atoms with E-state index in [9.17, 15) is 0 Å². The molecule has 0 amide bonds. The number of allylic oxidation sites excluding steroid dienone is 4. The van der Waals surface area contributed by atoms with Gasteiger partial charge in [-0.1, -0.05) is 130 Å². The van der Waals surface area contributed by atoms with Gasteiger partial charge in [-0.15, -0.1) is 0 Å². The highest BCUT2D eigenvalue weighted by atomic mass is 15.0. The molecule has 0 atom stereocenters. The summed E-state index contributed by atoms with van der Waals surface area (Å²) in [5.41, 5.74) is 12.7. The van der Waals surface area contributed by atoms with E-state index in [4.69, 9.17) is 9.97 Å². The fraction of sp³-hybridized carbons (Fsp3) is 0.0698. The summed E-state index contributed by atoms with van der Waals surface area (Å²) < 4.78 is 2.40. The molecule has 5 aromatic carbocycles. The third-order valence-corrected chi connectivity index (χ3v) is 9.20. The molecular weight excluding hydrogens is 558 g/mol. The van der Waals surface area contributed by atoms with E-state index in [0.717, 1.165) is 28.2 Å². The van der Waals surface area contributed by atoms with Crippen molar-refractivity contribution in [3.05, 3.63) is 169 Å². The molecule has 0 aliphatic heterocycles. The fourth-order valence-electron chi connectivity index (χ4n) is 6.94. The Morgan fingerprint density at radius 1 is 0.609 bits per heavy atom. The van der Waals surface area contributed by atoms with Gasteiger partial charge in [-0.3, -0.25) is 0 Å². The van der Waals surface area contributed by atoms with Crippen LogP contribution in [0.25, 0.3) is 67.3 Å². The van der Waals surface area contributed by atoms with Crippen molar-refractivity contribution in [3.63, 3.8) is 0 Å². The Kier molecular flexibility index (Phi) is 6.61. The van der Waals surface area contributed by atoms with Crippen LogP contribution in [-0.2, 0) is 5.41 Å². The third kappa shape index (κ3) is 4.52. The molecule has 2 aromatic heterocycles. The maximum atomic E-state index is 5.00. The molecule has 7 aromatic rings. The van der Waals surface area contributed by atoms with E-state index in [2.05, 4.69) is 110 Å². The van der Waals surface area contributed by atoms with Crippen molar-refractivity contribution in [1.82, 2.24) is 14.5 Å². The molecule has 0 N–H and O–H groups in total. The van der Waals surface area contributed by atoms with Crippen LogP contribution in [0.4, 0.5) is 0 Å². The molecule has 1 aliphatic carbocycles. The quantitative estimate of drug-likeness (QED) is 0.180. The van der Waals surface area contributed by atoms with Gasteiger partial charge in [0.1, 0.15) is 0 Å². The van der Waals surface area contributed by atoms with Gasteiger partial charge in [0.05, 0.1) is 22.4 Å². The van der Waals surface area contributed by atoms with E-state index in [1.54, 1.807) is 6.08 Å². The number of aromatic nitrogens is 3. The number of hydrogen-bond acceptors (Lipinski definition) is 2. The Balaban J connectivity index is 1.26. The van der Waals surface area contributed by atoms with E-state index in [1.165, 1.54) is 44.1 Å². The predicted molar refractivity (Wildman–Crippen MR) is 193 cm³/mol. The lowest BCUT2D eigenvalue weighted by molar-refractivity contribution is 0.661. The Morgan fingerprint density at radius 3 is 2.20 bits per heavy atom. The maximum absolute atomic E-state index is 5.00. The Hall–Kier alpha value is -5.80. The van der Waals surface area contributed by atoms with Crippen LogP contribution in [0.1, 0.15) is 30.7 Å². The van der Waals surface area contributed by atoms with Crippen molar-refractivity contribution in [2.45, 2.75) is 19.3 Å². The van der Waals surface area contributed by atoms with Crippen molar-refractivity contribution in [2.75, 3.05) is 0 Å². The van der Waals surface area contributed by atoms with E-state index < -0.39 is 0 Å². The van der Waals surface area contributed by atoms with Crippen LogP contribution in [-0.4, -0.2) is 14.5 Å². The number of rotatable bonds is 6. The van der Waals surface area contributed by atoms with Crippen LogP contribution in [0, 0.1) is 0 Å². The summed E-state index contributed by atoms with van der Waals surface area (Å²) in [6.45, 7) is 8.44. The lowest BCUT2D eigenvalue weighted by Gasteiger charge is -2.21. The van der Waals surface area contributed by atoms with Gasteiger partial charge >= 0.3 is 0 Å². The highest BCUT2D eigenvalue weighted by Gasteiger charge is 2.36. The summed E-state index contributed by atoms with van der Waals surface area (Å²) >= 11 is 0. The first-order chi connectivity index (χ1) is 22.5. The summed E-state index contributed by atoms with van der Waals surface area (Å²) in [7, 11) is 0. The molecule has 3 heteroatoms. The van der Waals surface area contributed by atoms with Gasteiger partial charge in [0, 0.05) is 33.0 Å². The average molecular weight is 592 g/mol. The molecule has 0 radical (unpaired) electrons. The van der Waals surface area contributed by atoms with Gasteiger partial charge < -0.3 is 4.57 Å². The summed E-state index contributed by atoms with van der Waals surface area (Å²) in [5, 5.41) is 2.55. The fourth-order valence-corrected chi connectivity index (χ4v) is 6.94. The molecule has 220 valence electrons. The van der Waals surface area contributed by atoms with E-state index in [1.807, 2.05) is 60.7 Å². The normalized spacial score (nSPS) is 13.5. The van der Waals surface area contributed by atoms with E-state index in [-0.39, 0.29) is 5.41 Å². The summed E-state index contributed by atoms with van der Waals surface area (Å²) in [4.78, 5) is 9.85. The first-order valence-electron chi connectivity index (χ1n) is 15.7. The van der Waals surface area contributed by atoms with Gasteiger partial charge in [0.2, 0.25) is 0 Å². The molecule has 2 heterocycles. The monoisotopic (exact) mass is 591 g/mol. The zero-order valence-electron chi connectivity index (χ0n) is 26.0. The standard InChI is InChI=1S/C43H33N3/c1-4-5-6-10-17-31-26-39(45-42(44-31)30-15-8-7-9-16-30)29-22-24-32(25-23-29)46-40-21-14-12-19-34(40)36-27-38-35(28-41(36)46)33-18-11-13-20-37(33)43(38,2)3/h4-28H,1H2,2-3H3/b6-5-,17-10+. The Bertz CT molecular complexity index is 2340. The smallest absolute Gasteiger partial charge is 0.160 e. The number of fused-ring (bicyclic) bond motifs is 6. The van der Waals surface area contributed by atoms with Crippen molar-refractivity contribution >= 4 is 27.9 Å². The first-order valence-corrected chi connectivity index (χ1v) is 15.7. The van der Waals surface area contributed by atoms with Crippen LogP contribution >= 0.6 is 0 Å². The van der Waals surface area contributed by atoms with E-state index >= 15 is 0 Å². The molecule has 46 heavy (non-hydrogen) atoms. The number of nitrogens with zero attached hydrogens (tertiary/aromatic N) is 3. The minimum atomic E-state index is -0.0445. The summed E-state index contributed by atoms with van der Waals surface area (Å²) in [6.07, 6.45) is 9.59. The molecule has 3 nitrogen and oxygen atoms in total. The van der Waals surface area contributed by atoms with Crippen LogP contribution < -0.4 is 0 Å². The van der Waals surface area contributed by atoms with Gasteiger partial charge in [-0.25, -0.2) is 9.97 Å². The molecule has 8 rings (SSSR count). The second kappa shape index (κ2) is 11.0. The van der Waals surface area contributed by atoms with E-state index in [0.29, 0.717) is 5.82 Å². The van der Waals surface area contributed by atoms with Gasteiger partial charge in [0.25, 0.3) is 0 Å². The summed E-state index contributed by atoms with van der Waals surface area (Å²) in [5.74, 6) is 0.703. The number of benzene rings is 5. The summed E-state index contributed by atoms with van der Waals surface area (Å²) in [6, 6.07) is 43.4. The van der Waals surface area contributed by atoms with Crippen LogP contribution in [0.2, 0.25) is 0 Å². The lowest BCUT2D eigenvalue weighted by Crippen LogP contribution is -2.14. The molecule has 1 aliphatic rings. The Morgan fingerprint density at radius 2 is 1.37 bits per heavy atom. The zero-order valence-corrected chi connectivity index (χ0v) is 26.0. The molecule has 0 unspecified atom stereocenters. The highest BCUT2D eigenvalue weighted by Crippen LogP contribution is 2.50. The van der Waals surface area contributed by atoms with Crippen molar-refractivity contribution in [2.24, 2.45) is 0 Å². The third-order valence-electron chi connectivity index (χ3n) is 9.20. The predicted octanol–water partition coefficient (Wildman–Crippen LogP) is 11.0. The SMILES string of the molecule is C=C/C=C\C=C\c1cc(-c2ccc(-n3c4ccccc4c4cc5c(cc43)-c3ccccc3C5(C)C)cc2)nc(-c2ccccc2)n1. The molecule has 0 fully saturated rings.